The molecule has 2 aromatic rings. The molecule has 1 aliphatic heterocycles. The molecular formula is C27H33F4N5O2. The van der Waals surface area contributed by atoms with Crippen LogP contribution >= 0.6 is 0 Å². The molecule has 0 bridgehead atoms. The molecule has 3 rings (SSSR count). The number of carbonyl (C=O) groups is 1. The number of nitrogens with zero attached hydrogens (tertiary/aromatic N) is 2. The molecule has 2 aromatic carbocycles. The Hall–Kier alpha value is -3.36. The molecule has 1 fully saturated rings. The van der Waals surface area contributed by atoms with E-state index in [0.29, 0.717) is 19.8 Å². The second-order valence-corrected chi connectivity index (χ2v) is 9.71. The van der Waals surface area contributed by atoms with Gasteiger partial charge in [-0.2, -0.15) is 18.4 Å². The molecule has 7 nitrogen and oxygen atoms in total. The summed E-state index contributed by atoms with van der Waals surface area (Å²) in [5.74, 6) is -0.733. The first-order chi connectivity index (χ1) is 18.0. The Labute approximate surface area is 220 Å². The highest BCUT2D eigenvalue weighted by Gasteiger charge is 2.43. The number of hydrogen-bond donors (Lipinski definition) is 3. The molecule has 0 unspecified atom stereocenters. The predicted octanol–water partition coefficient (Wildman–Crippen LogP) is 4.32. The molecule has 11 heteroatoms. The number of morpholine rings is 1. The van der Waals surface area contributed by atoms with Gasteiger partial charge in [-0.3, -0.25) is 10.1 Å². The van der Waals surface area contributed by atoms with E-state index in [1.54, 1.807) is 0 Å². The number of amides is 1. The second-order valence-electron chi connectivity index (χ2n) is 9.71. The van der Waals surface area contributed by atoms with Crippen molar-refractivity contribution in [3.05, 3.63) is 59.7 Å². The topological polar surface area (TPSA) is 89.4 Å². The van der Waals surface area contributed by atoms with Crippen LogP contribution in [0.5, 0.6) is 0 Å². The Morgan fingerprint density at radius 2 is 1.66 bits per heavy atom. The zero-order chi connectivity index (χ0) is 27.8. The number of hydrogen-bond acceptors (Lipinski definition) is 6. The third-order valence-electron chi connectivity index (χ3n) is 6.07. The smallest absolute Gasteiger partial charge is 0.383 e. The van der Waals surface area contributed by atoms with Crippen molar-refractivity contribution in [1.82, 2.24) is 10.6 Å². The summed E-state index contributed by atoms with van der Waals surface area (Å²) in [5, 5.41) is 17.0. The summed E-state index contributed by atoms with van der Waals surface area (Å²) in [5.41, 5.74) is 0.0476. The molecule has 3 N–H and O–H groups in total. The van der Waals surface area contributed by atoms with Crippen molar-refractivity contribution in [3.8, 4) is 6.07 Å². The number of benzene rings is 2. The fourth-order valence-electron chi connectivity index (χ4n) is 4.17. The summed E-state index contributed by atoms with van der Waals surface area (Å²) in [6, 6.07) is 10.9. The van der Waals surface area contributed by atoms with E-state index in [0.717, 1.165) is 24.5 Å². The average Bonchev–Trinajstić information content (AvgIpc) is 2.88. The Bertz CT molecular complexity index is 1070. The molecule has 0 radical (unpaired) electrons. The van der Waals surface area contributed by atoms with Gasteiger partial charge in [0.15, 0.2) is 0 Å². The van der Waals surface area contributed by atoms with E-state index < -0.39 is 36.3 Å². The third kappa shape index (κ3) is 8.89. The largest absolute Gasteiger partial charge is 0.407 e. The minimum absolute atomic E-state index is 0.127. The van der Waals surface area contributed by atoms with Crippen LogP contribution in [0.3, 0.4) is 0 Å². The number of ether oxygens (including phenoxy) is 1. The van der Waals surface area contributed by atoms with Gasteiger partial charge in [-0.1, -0.05) is 12.1 Å². The molecular weight excluding hydrogens is 502 g/mol. The SMILES string of the molecule is CC(C)(F)C[C@H](N[C@@H](c1ccc(C#N)cc1)C(F)(F)F)C(=O)NCCNc1ccc(N2CCOCC2)cc1. The normalized spacial score (nSPS) is 15.9. The Morgan fingerprint density at radius 3 is 2.21 bits per heavy atom. The van der Waals surface area contributed by atoms with Crippen molar-refractivity contribution >= 4 is 17.3 Å². The van der Waals surface area contributed by atoms with Crippen LogP contribution in [0, 0.1) is 11.3 Å². The van der Waals surface area contributed by atoms with Crippen LogP contribution in [0.15, 0.2) is 48.5 Å². The van der Waals surface area contributed by atoms with E-state index in [1.807, 2.05) is 30.3 Å². The van der Waals surface area contributed by atoms with Crippen molar-refractivity contribution in [2.75, 3.05) is 49.6 Å². The summed E-state index contributed by atoms with van der Waals surface area (Å²) in [6.45, 7) is 5.89. The minimum Gasteiger partial charge on any atom is -0.383 e. The van der Waals surface area contributed by atoms with Gasteiger partial charge >= 0.3 is 6.18 Å². The molecule has 0 saturated carbocycles. The first-order valence-corrected chi connectivity index (χ1v) is 12.4. The van der Waals surface area contributed by atoms with Crippen molar-refractivity contribution in [1.29, 1.82) is 5.26 Å². The van der Waals surface area contributed by atoms with E-state index in [4.69, 9.17) is 10.00 Å². The maximum absolute atomic E-state index is 14.5. The van der Waals surface area contributed by atoms with Gasteiger partial charge in [-0.05, 0) is 55.8 Å². The van der Waals surface area contributed by atoms with E-state index in [9.17, 15) is 22.4 Å². The molecule has 1 aliphatic rings. The number of nitrogens with one attached hydrogen (secondary N) is 3. The molecule has 38 heavy (non-hydrogen) atoms. The fourth-order valence-corrected chi connectivity index (χ4v) is 4.17. The summed E-state index contributed by atoms with van der Waals surface area (Å²) in [4.78, 5) is 15.1. The molecule has 1 amide bonds. The number of halogens is 4. The van der Waals surface area contributed by atoms with Gasteiger partial charge in [0.25, 0.3) is 0 Å². The number of carbonyl (C=O) groups excluding carboxylic acids is 1. The first kappa shape index (κ1) is 29.2. The van der Waals surface area contributed by atoms with Gasteiger partial charge in [0.2, 0.25) is 5.91 Å². The highest BCUT2D eigenvalue weighted by Crippen LogP contribution is 2.34. The standard InChI is InChI=1S/C27H33F4N5O2/c1-26(2,28)17-23(35-24(27(29,30)31)20-5-3-19(18-32)4-6-20)25(37)34-12-11-33-21-7-9-22(10-8-21)36-13-15-38-16-14-36/h3-10,23-24,33,35H,11-17H2,1-2H3,(H,34,37)/t23-,24-/m0/s1. The molecule has 0 aromatic heterocycles. The molecule has 206 valence electrons. The van der Waals surface area contributed by atoms with Crippen LogP contribution in [0.1, 0.15) is 37.4 Å². The lowest BCUT2D eigenvalue weighted by Crippen LogP contribution is -2.51. The van der Waals surface area contributed by atoms with E-state index in [1.165, 1.54) is 38.1 Å². The van der Waals surface area contributed by atoms with Gasteiger partial charge in [-0.15, -0.1) is 0 Å². The first-order valence-electron chi connectivity index (χ1n) is 12.4. The van der Waals surface area contributed by atoms with Gasteiger partial charge in [-0.25, -0.2) is 4.39 Å². The summed E-state index contributed by atoms with van der Waals surface area (Å²) in [7, 11) is 0. The van der Waals surface area contributed by atoms with Gasteiger partial charge < -0.3 is 20.3 Å². The molecule has 0 aliphatic carbocycles. The van der Waals surface area contributed by atoms with Crippen molar-refractivity contribution < 1.29 is 27.1 Å². The molecule has 2 atom stereocenters. The van der Waals surface area contributed by atoms with Crippen LogP contribution in [0.2, 0.25) is 0 Å². The number of nitriles is 1. The molecule has 1 heterocycles. The van der Waals surface area contributed by atoms with Gasteiger partial charge in [0, 0.05) is 44.0 Å². The van der Waals surface area contributed by atoms with Crippen LogP contribution < -0.4 is 20.9 Å². The van der Waals surface area contributed by atoms with Crippen LogP contribution in [0.25, 0.3) is 0 Å². The van der Waals surface area contributed by atoms with Crippen molar-refractivity contribution in [3.63, 3.8) is 0 Å². The highest BCUT2D eigenvalue weighted by atomic mass is 19.4. The Kier molecular flexibility index (Phi) is 9.94. The number of alkyl halides is 4. The van der Waals surface area contributed by atoms with Crippen LogP contribution in [-0.2, 0) is 9.53 Å². The summed E-state index contributed by atoms with van der Waals surface area (Å²) in [6.07, 6.45) is -5.21. The molecule has 0 spiro atoms. The van der Waals surface area contributed by atoms with E-state index >= 15 is 0 Å². The van der Waals surface area contributed by atoms with E-state index in [2.05, 4.69) is 20.9 Å². The van der Waals surface area contributed by atoms with E-state index in [-0.39, 0.29) is 17.7 Å². The monoisotopic (exact) mass is 535 g/mol. The molecule has 1 saturated heterocycles. The third-order valence-corrected chi connectivity index (χ3v) is 6.07. The Morgan fingerprint density at radius 1 is 1.03 bits per heavy atom. The lowest BCUT2D eigenvalue weighted by atomic mass is 9.97. The fraction of sp³-hybridized carbons (Fsp3) is 0.481. The summed E-state index contributed by atoms with van der Waals surface area (Å²) < 4.78 is 61.6. The maximum atomic E-state index is 14.5. The van der Waals surface area contributed by atoms with Crippen molar-refractivity contribution in [2.24, 2.45) is 0 Å². The second kappa shape index (κ2) is 12.9. The summed E-state index contributed by atoms with van der Waals surface area (Å²) >= 11 is 0. The maximum Gasteiger partial charge on any atom is 0.407 e. The zero-order valence-corrected chi connectivity index (χ0v) is 21.4. The Balaban J connectivity index is 1.59. The number of anilines is 2. The van der Waals surface area contributed by atoms with Gasteiger partial charge in [0.1, 0.15) is 11.7 Å². The minimum atomic E-state index is -4.75. The highest BCUT2D eigenvalue weighted by molar-refractivity contribution is 5.82. The van der Waals surface area contributed by atoms with Crippen molar-refractivity contribution in [2.45, 2.75) is 44.2 Å². The lowest BCUT2D eigenvalue weighted by molar-refractivity contribution is -0.161. The quantitative estimate of drug-likeness (QED) is 0.293. The predicted molar refractivity (Wildman–Crippen MR) is 138 cm³/mol. The van der Waals surface area contributed by atoms with Crippen LogP contribution in [-0.4, -0.2) is 63.2 Å². The zero-order valence-electron chi connectivity index (χ0n) is 21.4. The van der Waals surface area contributed by atoms with Gasteiger partial charge in [0.05, 0.1) is 30.9 Å². The average molecular weight is 536 g/mol. The number of rotatable bonds is 11. The van der Waals surface area contributed by atoms with Crippen LogP contribution in [0.4, 0.5) is 28.9 Å². The lowest BCUT2D eigenvalue weighted by Gasteiger charge is -2.30.